The summed E-state index contributed by atoms with van der Waals surface area (Å²) in [6.45, 7) is 2.89. The van der Waals surface area contributed by atoms with Crippen molar-refractivity contribution in [3.8, 4) is 6.07 Å². The highest BCUT2D eigenvalue weighted by molar-refractivity contribution is 5.83. The maximum absolute atomic E-state index is 13.4. The molecule has 3 N–H and O–H groups in total. The number of alkyl halides is 3. The topological polar surface area (TPSA) is 136 Å². The van der Waals surface area contributed by atoms with Gasteiger partial charge in [0.05, 0.1) is 43.3 Å². The van der Waals surface area contributed by atoms with E-state index < -0.39 is 35.1 Å². The van der Waals surface area contributed by atoms with Crippen LogP contribution in [0.2, 0.25) is 0 Å². The SMILES string of the molecule is COC[C@@H](CO[C@H]1CCN(C2CCN(C3CN[C@H]3C#N)CC2)C1=O)Nc1cn[nH]c(=O)c1C(F)(F)F. The lowest BCUT2D eigenvalue weighted by atomic mass is 9.95. The van der Waals surface area contributed by atoms with Gasteiger partial charge in [0.15, 0.2) is 0 Å². The number of methoxy groups -OCH3 is 1. The van der Waals surface area contributed by atoms with Crippen molar-refractivity contribution in [2.75, 3.05) is 51.8 Å². The largest absolute Gasteiger partial charge is 0.423 e. The minimum Gasteiger partial charge on any atom is -0.382 e. The molecule has 0 saturated carbocycles. The molecule has 3 saturated heterocycles. The first-order valence-corrected chi connectivity index (χ1v) is 11.9. The van der Waals surface area contributed by atoms with Gasteiger partial charge in [0.2, 0.25) is 0 Å². The van der Waals surface area contributed by atoms with Gasteiger partial charge in [-0.25, -0.2) is 5.10 Å². The highest BCUT2D eigenvalue weighted by atomic mass is 19.4. The Kier molecular flexibility index (Phi) is 8.13. The van der Waals surface area contributed by atoms with Gasteiger partial charge < -0.3 is 19.7 Å². The summed E-state index contributed by atoms with van der Waals surface area (Å²) >= 11 is 0. The van der Waals surface area contributed by atoms with E-state index >= 15 is 0 Å². The molecule has 4 rings (SSSR count). The monoisotopic (exact) mass is 513 g/mol. The molecule has 0 radical (unpaired) electrons. The van der Waals surface area contributed by atoms with Crippen LogP contribution >= 0.6 is 0 Å². The molecule has 36 heavy (non-hydrogen) atoms. The number of likely N-dealkylation sites (tertiary alicyclic amines) is 2. The minimum atomic E-state index is -4.88. The van der Waals surface area contributed by atoms with Gasteiger partial charge in [-0.15, -0.1) is 0 Å². The number of carbonyl (C=O) groups excluding carboxylic acids is 1. The molecular formula is C22H30F3N7O4. The maximum Gasteiger partial charge on any atom is 0.423 e. The number of rotatable bonds is 9. The second-order valence-electron chi connectivity index (χ2n) is 9.27. The van der Waals surface area contributed by atoms with Gasteiger partial charge in [0.25, 0.3) is 11.5 Å². The number of ether oxygens (including phenoxy) is 2. The minimum absolute atomic E-state index is 0.00705. The van der Waals surface area contributed by atoms with Crippen LogP contribution < -0.4 is 16.2 Å². The Hall–Kier alpha value is -2.73. The molecule has 4 atom stereocenters. The second-order valence-corrected chi connectivity index (χ2v) is 9.27. The number of amides is 1. The zero-order valence-corrected chi connectivity index (χ0v) is 19.9. The Morgan fingerprint density at radius 2 is 2.00 bits per heavy atom. The van der Waals surface area contributed by atoms with Gasteiger partial charge in [-0.3, -0.25) is 19.8 Å². The number of piperidine rings is 1. The van der Waals surface area contributed by atoms with Crippen LogP contribution in [0.4, 0.5) is 18.9 Å². The van der Waals surface area contributed by atoms with Gasteiger partial charge in [0, 0.05) is 45.8 Å². The first-order valence-electron chi connectivity index (χ1n) is 11.9. The molecule has 0 bridgehead atoms. The second kappa shape index (κ2) is 11.1. The molecule has 0 aromatic carbocycles. The van der Waals surface area contributed by atoms with Crippen LogP contribution in [0.25, 0.3) is 0 Å². The number of H-pyrrole nitrogens is 1. The number of aromatic nitrogens is 2. The fourth-order valence-corrected chi connectivity index (χ4v) is 5.11. The molecule has 1 aromatic heterocycles. The third-order valence-electron chi connectivity index (χ3n) is 7.04. The fraction of sp³-hybridized carbons (Fsp3) is 0.727. The Balaban J connectivity index is 1.31. The summed E-state index contributed by atoms with van der Waals surface area (Å²) in [5, 5.41) is 20.1. The Morgan fingerprint density at radius 1 is 1.25 bits per heavy atom. The van der Waals surface area contributed by atoms with Crippen LogP contribution in [0.15, 0.2) is 11.0 Å². The van der Waals surface area contributed by atoms with Crippen LogP contribution in [0.1, 0.15) is 24.8 Å². The van der Waals surface area contributed by atoms with Crippen LogP contribution in [0.5, 0.6) is 0 Å². The third-order valence-corrected chi connectivity index (χ3v) is 7.04. The average molecular weight is 514 g/mol. The van der Waals surface area contributed by atoms with Crippen LogP contribution in [-0.4, -0.2) is 103 Å². The van der Waals surface area contributed by atoms with Crippen LogP contribution in [0.3, 0.4) is 0 Å². The smallest absolute Gasteiger partial charge is 0.382 e. The van der Waals surface area contributed by atoms with Gasteiger partial charge in [-0.2, -0.15) is 23.5 Å². The standard InChI is InChI=1S/C22H30F3N7O4/c1-35-11-13(29-16-9-28-30-20(33)19(16)22(23,24)25)12-36-18-4-7-32(21(18)34)14-2-5-31(6-3-14)17-10-27-15(17)8-26/h9,13-15,17-18,27H,2-7,10-12H2,1H3,(H2,29,30,33)/t13-,15-,17?,18-/m0/s1. The molecule has 11 nitrogen and oxygen atoms in total. The van der Waals surface area contributed by atoms with E-state index in [1.54, 1.807) is 5.10 Å². The molecule has 1 unspecified atom stereocenters. The summed E-state index contributed by atoms with van der Waals surface area (Å²) in [4.78, 5) is 28.9. The van der Waals surface area contributed by atoms with Crippen molar-refractivity contribution in [1.29, 1.82) is 5.26 Å². The Bertz CT molecular complexity index is 1020. The molecule has 0 spiro atoms. The highest BCUT2D eigenvalue weighted by Crippen LogP contribution is 2.32. The van der Waals surface area contributed by atoms with E-state index in [0.29, 0.717) is 13.0 Å². The van der Waals surface area contributed by atoms with Crippen LogP contribution in [-0.2, 0) is 20.4 Å². The van der Waals surface area contributed by atoms with E-state index in [1.807, 2.05) is 4.90 Å². The van der Waals surface area contributed by atoms with Gasteiger partial charge >= 0.3 is 6.18 Å². The Labute approximate surface area is 205 Å². The van der Waals surface area contributed by atoms with E-state index in [4.69, 9.17) is 14.7 Å². The van der Waals surface area contributed by atoms with Gasteiger partial charge in [-0.1, -0.05) is 0 Å². The first kappa shape index (κ1) is 26.3. The lowest BCUT2D eigenvalue weighted by Crippen LogP contribution is -2.66. The highest BCUT2D eigenvalue weighted by Gasteiger charge is 2.42. The zero-order chi connectivity index (χ0) is 25.9. The molecule has 3 aliphatic rings. The van der Waals surface area contributed by atoms with Crippen LogP contribution in [0, 0.1) is 11.3 Å². The normalized spacial score (nSPS) is 26.5. The Morgan fingerprint density at radius 3 is 2.61 bits per heavy atom. The molecule has 1 amide bonds. The maximum atomic E-state index is 13.4. The fourth-order valence-electron chi connectivity index (χ4n) is 5.11. The number of halogens is 3. The average Bonchev–Trinajstić information content (AvgIpc) is 3.17. The number of nitrogens with one attached hydrogen (secondary N) is 3. The van der Waals surface area contributed by atoms with E-state index in [9.17, 15) is 22.8 Å². The van der Waals surface area contributed by atoms with E-state index in [-0.39, 0.29) is 37.2 Å². The number of hydrogen-bond acceptors (Lipinski definition) is 9. The predicted molar refractivity (Wildman–Crippen MR) is 121 cm³/mol. The van der Waals surface area contributed by atoms with Gasteiger partial charge in [-0.05, 0) is 12.8 Å². The lowest BCUT2D eigenvalue weighted by Gasteiger charge is -2.46. The van der Waals surface area contributed by atoms with E-state index in [1.165, 1.54) is 7.11 Å². The lowest BCUT2D eigenvalue weighted by molar-refractivity contribution is -0.140. The van der Waals surface area contributed by atoms with Crippen molar-refractivity contribution in [2.24, 2.45) is 0 Å². The van der Waals surface area contributed by atoms with Crippen molar-refractivity contribution >= 4 is 11.6 Å². The van der Waals surface area contributed by atoms with E-state index in [2.05, 4.69) is 26.7 Å². The number of nitriles is 1. The molecule has 3 fully saturated rings. The van der Waals surface area contributed by atoms with Crippen molar-refractivity contribution in [1.82, 2.24) is 25.3 Å². The number of carbonyl (C=O) groups is 1. The molecule has 14 heteroatoms. The molecule has 1 aromatic rings. The first-order chi connectivity index (χ1) is 17.2. The van der Waals surface area contributed by atoms with Crippen molar-refractivity contribution in [3.63, 3.8) is 0 Å². The van der Waals surface area contributed by atoms with Crippen molar-refractivity contribution in [2.45, 2.75) is 55.7 Å². The third kappa shape index (κ3) is 5.64. The summed E-state index contributed by atoms with van der Waals surface area (Å²) in [7, 11) is 1.39. The molecule has 3 aliphatic heterocycles. The quantitative estimate of drug-likeness (QED) is 0.422. The summed E-state index contributed by atoms with van der Waals surface area (Å²) in [6, 6.07) is 1.70. The summed E-state index contributed by atoms with van der Waals surface area (Å²) in [5.74, 6) is -0.126. The summed E-state index contributed by atoms with van der Waals surface area (Å²) in [6.07, 6.45) is -2.56. The molecule has 4 heterocycles. The molecule has 0 aliphatic carbocycles. The van der Waals surface area contributed by atoms with Gasteiger partial charge in [0.1, 0.15) is 17.7 Å². The van der Waals surface area contributed by atoms with E-state index in [0.717, 1.165) is 38.7 Å². The zero-order valence-electron chi connectivity index (χ0n) is 19.9. The number of anilines is 1. The predicted octanol–water partition coefficient (Wildman–Crippen LogP) is 0.161. The summed E-state index contributed by atoms with van der Waals surface area (Å²) < 4.78 is 51.0. The van der Waals surface area contributed by atoms with Crippen molar-refractivity contribution in [3.05, 3.63) is 22.1 Å². The van der Waals surface area contributed by atoms with Crippen molar-refractivity contribution < 1.29 is 27.4 Å². The number of hydrogen-bond donors (Lipinski definition) is 3. The molecule has 198 valence electrons. The number of nitrogens with zero attached hydrogens (tertiary/aromatic N) is 4. The molecular weight excluding hydrogens is 483 g/mol. The number of aromatic amines is 1. The summed E-state index contributed by atoms with van der Waals surface area (Å²) in [5.41, 5.74) is -3.22.